The number of esters is 1. The fourth-order valence-corrected chi connectivity index (χ4v) is 3.15. The number of ether oxygens (including phenoxy) is 2. The molecule has 1 heterocycles. The van der Waals surface area contributed by atoms with Gasteiger partial charge in [0.25, 0.3) is 0 Å². The minimum atomic E-state index is -0.463. The molecule has 0 aromatic heterocycles. The van der Waals surface area contributed by atoms with Gasteiger partial charge in [-0.1, -0.05) is 0 Å². The molecule has 5 nitrogen and oxygen atoms in total. The number of carbonyl (C=O) groups is 2. The van der Waals surface area contributed by atoms with Gasteiger partial charge >= 0.3 is 12.1 Å². The molecule has 1 unspecified atom stereocenters. The molecule has 0 radical (unpaired) electrons. The van der Waals surface area contributed by atoms with Gasteiger partial charge in [-0.2, -0.15) is 0 Å². The summed E-state index contributed by atoms with van der Waals surface area (Å²) < 4.78 is 10.5. The second-order valence-corrected chi connectivity index (χ2v) is 7.22. The van der Waals surface area contributed by atoms with Crippen molar-refractivity contribution in [1.29, 1.82) is 0 Å². The Morgan fingerprint density at radius 3 is 2.48 bits per heavy atom. The summed E-state index contributed by atoms with van der Waals surface area (Å²) in [5.41, 5.74) is -0.521. The van der Waals surface area contributed by atoms with Crippen LogP contribution in [0, 0.1) is 5.92 Å². The van der Waals surface area contributed by atoms with Crippen molar-refractivity contribution in [2.45, 2.75) is 70.9 Å². The first-order valence-corrected chi connectivity index (χ1v) is 7.92. The molecule has 2 aliphatic rings. The van der Waals surface area contributed by atoms with Crippen LogP contribution in [0.2, 0.25) is 0 Å². The zero-order valence-electron chi connectivity index (χ0n) is 13.6. The van der Waals surface area contributed by atoms with E-state index in [1.807, 2.05) is 32.6 Å². The number of hydrogen-bond acceptors (Lipinski definition) is 4. The van der Waals surface area contributed by atoms with Gasteiger partial charge in [-0.15, -0.1) is 0 Å². The first-order chi connectivity index (χ1) is 9.76. The number of likely N-dealkylation sites (tertiary alicyclic amines) is 1. The van der Waals surface area contributed by atoms with Crippen molar-refractivity contribution < 1.29 is 19.1 Å². The van der Waals surface area contributed by atoms with Gasteiger partial charge in [0.2, 0.25) is 0 Å². The quantitative estimate of drug-likeness (QED) is 0.751. The van der Waals surface area contributed by atoms with E-state index in [-0.39, 0.29) is 17.6 Å². The Morgan fingerprint density at radius 1 is 1.29 bits per heavy atom. The molecule has 0 aromatic carbocycles. The molecule has 2 fully saturated rings. The first kappa shape index (κ1) is 16.1. The highest BCUT2D eigenvalue weighted by Crippen LogP contribution is 2.51. The van der Waals surface area contributed by atoms with E-state index in [1.54, 1.807) is 0 Å². The van der Waals surface area contributed by atoms with Gasteiger partial charge in [0, 0.05) is 18.5 Å². The van der Waals surface area contributed by atoms with Crippen LogP contribution < -0.4 is 0 Å². The average Bonchev–Trinajstić information content (AvgIpc) is 3.06. The van der Waals surface area contributed by atoms with E-state index in [1.165, 1.54) is 0 Å². The van der Waals surface area contributed by atoms with Gasteiger partial charge < -0.3 is 14.4 Å². The lowest BCUT2D eigenvalue weighted by atomic mass is 9.87. The van der Waals surface area contributed by atoms with Crippen molar-refractivity contribution in [3.8, 4) is 0 Å². The van der Waals surface area contributed by atoms with Crippen LogP contribution in [-0.2, 0) is 14.3 Å². The molecular formula is C16H27NO4. The standard InChI is InChI=1S/C16H27NO4/c1-5-20-13(18)10-12-6-9-17(16(11-12)7-8-16)14(19)21-15(2,3)4/h12H,5-11H2,1-4H3. The molecule has 1 amide bonds. The van der Waals surface area contributed by atoms with E-state index >= 15 is 0 Å². The van der Waals surface area contributed by atoms with E-state index in [0.29, 0.717) is 25.5 Å². The third-order valence-electron chi connectivity index (χ3n) is 4.20. The van der Waals surface area contributed by atoms with Crippen LogP contribution in [0.15, 0.2) is 0 Å². The molecule has 2 rings (SSSR count). The average molecular weight is 297 g/mol. The van der Waals surface area contributed by atoms with Crippen molar-refractivity contribution in [2.75, 3.05) is 13.2 Å². The molecule has 5 heteroatoms. The molecule has 1 saturated heterocycles. The number of nitrogens with zero attached hydrogens (tertiary/aromatic N) is 1. The molecule has 0 aromatic rings. The molecule has 1 aliphatic carbocycles. The van der Waals surface area contributed by atoms with Gasteiger partial charge in [-0.05, 0) is 59.3 Å². The second-order valence-electron chi connectivity index (χ2n) is 7.22. The summed E-state index contributed by atoms with van der Waals surface area (Å²) in [5, 5.41) is 0. The lowest BCUT2D eigenvalue weighted by Crippen LogP contribution is -2.50. The molecular weight excluding hydrogens is 270 g/mol. The second kappa shape index (κ2) is 5.85. The van der Waals surface area contributed by atoms with Crippen molar-refractivity contribution >= 4 is 12.1 Å². The number of carbonyl (C=O) groups excluding carboxylic acids is 2. The van der Waals surface area contributed by atoms with Crippen LogP contribution in [0.4, 0.5) is 4.79 Å². The van der Waals surface area contributed by atoms with Gasteiger partial charge in [0.15, 0.2) is 0 Å². The number of amides is 1. The highest BCUT2D eigenvalue weighted by atomic mass is 16.6. The highest BCUT2D eigenvalue weighted by Gasteiger charge is 2.54. The minimum Gasteiger partial charge on any atom is -0.466 e. The Bertz CT molecular complexity index is 409. The summed E-state index contributed by atoms with van der Waals surface area (Å²) in [4.78, 5) is 25.8. The van der Waals surface area contributed by atoms with Gasteiger partial charge in [0.1, 0.15) is 5.60 Å². The van der Waals surface area contributed by atoms with Gasteiger partial charge in [-0.3, -0.25) is 4.79 Å². The summed E-state index contributed by atoms with van der Waals surface area (Å²) >= 11 is 0. The molecule has 1 aliphatic heterocycles. The minimum absolute atomic E-state index is 0.0578. The maximum absolute atomic E-state index is 12.3. The SMILES string of the molecule is CCOC(=O)CC1CCN(C(=O)OC(C)(C)C)C2(CC2)C1. The number of piperidine rings is 1. The highest BCUT2D eigenvalue weighted by molar-refractivity contribution is 5.71. The van der Waals surface area contributed by atoms with E-state index in [0.717, 1.165) is 25.7 Å². The van der Waals surface area contributed by atoms with Gasteiger partial charge in [0.05, 0.1) is 6.61 Å². The van der Waals surface area contributed by atoms with E-state index < -0.39 is 5.60 Å². The van der Waals surface area contributed by atoms with Crippen LogP contribution in [-0.4, -0.2) is 41.3 Å². The summed E-state index contributed by atoms with van der Waals surface area (Å²) in [6.45, 7) is 8.60. The maximum atomic E-state index is 12.3. The Morgan fingerprint density at radius 2 is 1.95 bits per heavy atom. The fraction of sp³-hybridized carbons (Fsp3) is 0.875. The zero-order chi connectivity index (χ0) is 15.7. The van der Waals surface area contributed by atoms with Crippen LogP contribution >= 0.6 is 0 Å². The molecule has 1 atom stereocenters. The van der Waals surface area contributed by atoms with Crippen LogP contribution in [0.3, 0.4) is 0 Å². The number of hydrogen-bond donors (Lipinski definition) is 0. The fourth-order valence-electron chi connectivity index (χ4n) is 3.15. The predicted molar refractivity (Wildman–Crippen MR) is 78.9 cm³/mol. The molecule has 0 bridgehead atoms. The molecule has 21 heavy (non-hydrogen) atoms. The van der Waals surface area contributed by atoms with Crippen LogP contribution in [0.25, 0.3) is 0 Å². The van der Waals surface area contributed by atoms with E-state index in [4.69, 9.17) is 9.47 Å². The predicted octanol–water partition coefficient (Wildman–Crippen LogP) is 3.12. The van der Waals surface area contributed by atoms with Crippen LogP contribution in [0.1, 0.15) is 59.8 Å². The largest absolute Gasteiger partial charge is 0.466 e. The molecule has 1 spiro atoms. The normalized spacial score (nSPS) is 23.8. The molecule has 1 saturated carbocycles. The summed E-state index contributed by atoms with van der Waals surface area (Å²) in [7, 11) is 0. The Hall–Kier alpha value is -1.26. The van der Waals surface area contributed by atoms with Crippen molar-refractivity contribution in [2.24, 2.45) is 5.92 Å². The third-order valence-corrected chi connectivity index (χ3v) is 4.20. The lowest BCUT2D eigenvalue weighted by Gasteiger charge is -2.40. The monoisotopic (exact) mass is 297 g/mol. The van der Waals surface area contributed by atoms with E-state index in [9.17, 15) is 9.59 Å². The van der Waals surface area contributed by atoms with Crippen molar-refractivity contribution in [3.05, 3.63) is 0 Å². The first-order valence-electron chi connectivity index (χ1n) is 7.92. The molecule has 0 N–H and O–H groups in total. The lowest BCUT2D eigenvalue weighted by molar-refractivity contribution is -0.144. The number of rotatable bonds is 3. The Labute approximate surface area is 127 Å². The summed E-state index contributed by atoms with van der Waals surface area (Å²) in [6.07, 6.45) is 4.04. The Kier molecular flexibility index (Phi) is 4.49. The van der Waals surface area contributed by atoms with E-state index in [2.05, 4.69) is 0 Å². The third kappa shape index (κ3) is 4.11. The van der Waals surface area contributed by atoms with Crippen molar-refractivity contribution in [3.63, 3.8) is 0 Å². The Balaban J connectivity index is 1.92. The van der Waals surface area contributed by atoms with Crippen LogP contribution in [0.5, 0.6) is 0 Å². The summed E-state index contributed by atoms with van der Waals surface area (Å²) in [6, 6.07) is 0. The zero-order valence-corrected chi connectivity index (χ0v) is 13.6. The topological polar surface area (TPSA) is 55.8 Å². The maximum Gasteiger partial charge on any atom is 0.410 e. The molecule has 120 valence electrons. The summed E-state index contributed by atoms with van der Waals surface area (Å²) in [5.74, 6) is 0.203. The smallest absolute Gasteiger partial charge is 0.410 e. The van der Waals surface area contributed by atoms with Crippen molar-refractivity contribution in [1.82, 2.24) is 4.90 Å². The van der Waals surface area contributed by atoms with Gasteiger partial charge in [-0.25, -0.2) is 4.79 Å².